The van der Waals surface area contributed by atoms with Crippen molar-refractivity contribution in [2.24, 2.45) is 5.10 Å². The lowest BCUT2D eigenvalue weighted by Gasteiger charge is -2.11. The van der Waals surface area contributed by atoms with Crippen LogP contribution in [0.25, 0.3) is 0 Å². The first kappa shape index (κ1) is 20.3. The Hall–Kier alpha value is -2.44. The van der Waals surface area contributed by atoms with E-state index in [9.17, 15) is 4.79 Å². The van der Waals surface area contributed by atoms with E-state index in [4.69, 9.17) is 4.74 Å². The lowest BCUT2D eigenvalue weighted by atomic mass is 10.1. The Labute approximate surface area is 180 Å². The molecule has 0 radical (unpaired) electrons. The van der Waals surface area contributed by atoms with Crippen molar-refractivity contribution in [3.63, 3.8) is 0 Å². The molecule has 142 valence electrons. The molecule has 3 aromatic carbocycles. The first-order valence-electron chi connectivity index (χ1n) is 8.57. The molecule has 0 unspecified atom stereocenters. The van der Waals surface area contributed by atoms with Crippen molar-refractivity contribution >= 4 is 49.7 Å². The summed E-state index contributed by atoms with van der Waals surface area (Å²) in [5.41, 5.74) is 7.07. The molecule has 0 saturated heterocycles. The number of benzene rings is 3. The molecule has 1 N–H and O–H groups in total. The number of halogens is 2. The number of nitrogens with zero attached hydrogens (tertiary/aromatic N) is 1. The van der Waals surface area contributed by atoms with Crippen molar-refractivity contribution in [1.82, 2.24) is 0 Å². The van der Waals surface area contributed by atoms with Gasteiger partial charge >= 0.3 is 5.97 Å². The minimum atomic E-state index is -0.402. The Morgan fingerprint density at radius 1 is 1.00 bits per heavy atom. The lowest BCUT2D eigenvalue weighted by Crippen LogP contribution is -2.11. The van der Waals surface area contributed by atoms with Crippen LogP contribution in [-0.2, 0) is 0 Å². The zero-order valence-electron chi connectivity index (χ0n) is 15.4. The SMILES string of the molecule is Cc1cc(Br)c(C=NNc2cccc(C(=O)Oc3ccccc3)c2C)c(Br)c1. The highest BCUT2D eigenvalue weighted by molar-refractivity contribution is 9.11. The minimum absolute atomic E-state index is 0.402. The van der Waals surface area contributed by atoms with E-state index < -0.39 is 5.97 Å². The minimum Gasteiger partial charge on any atom is -0.423 e. The summed E-state index contributed by atoms with van der Waals surface area (Å²) in [6.07, 6.45) is 1.72. The Morgan fingerprint density at radius 3 is 2.36 bits per heavy atom. The number of aryl methyl sites for hydroxylation is 1. The van der Waals surface area contributed by atoms with Gasteiger partial charge in [0.1, 0.15) is 5.75 Å². The van der Waals surface area contributed by atoms with Crippen LogP contribution >= 0.6 is 31.9 Å². The largest absolute Gasteiger partial charge is 0.423 e. The molecule has 0 amide bonds. The van der Waals surface area contributed by atoms with Gasteiger partial charge in [-0.25, -0.2) is 4.79 Å². The second-order valence-electron chi connectivity index (χ2n) is 6.19. The molecule has 0 saturated carbocycles. The van der Waals surface area contributed by atoms with E-state index in [0.717, 1.165) is 31.3 Å². The summed E-state index contributed by atoms with van der Waals surface area (Å²) in [7, 11) is 0. The van der Waals surface area contributed by atoms with Gasteiger partial charge in [-0.05, 0) is 61.4 Å². The smallest absolute Gasteiger partial charge is 0.343 e. The average molecular weight is 502 g/mol. The molecule has 0 spiro atoms. The van der Waals surface area contributed by atoms with Gasteiger partial charge in [-0.1, -0.05) is 56.1 Å². The molecule has 3 rings (SSSR count). The molecule has 0 atom stereocenters. The van der Waals surface area contributed by atoms with Crippen molar-refractivity contribution in [3.05, 3.63) is 91.9 Å². The lowest BCUT2D eigenvalue weighted by molar-refractivity contribution is 0.0734. The molecule has 0 bridgehead atoms. The number of esters is 1. The first-order chi connectivity index (χ1) is 13.5. The number of hydrogen-bond acceptors (Lipinski definition) is 4. The summed E-state index contributed by atoms with van der Waals surface area (Å²) in [6.45, 7) is 3.88. The van der Waals surface area contributed by atoms with Crippen LogP contribution in [0.4, 0.5) is 5.69 Å². The van der Waals surface area contributed by atoms with Crippen LogP contribution in [0.5, 0.6) is 5.75 Å². The Kier molecular flexibility index (Phi) is 6.65. The van der Waals surface area contributed by atoms with Gasteiger partial charge in [-0.2, -0.15) is 5.10 Å². The summed E-state index contributed by atoms with van der Waals surface area (Å²) in [5, 5.41) is 4.32. The van der Waals surface area contributed by atoms with Crippen LogP contribution < -0.4 is 10.2 Å². The van der Waals surface area contributed by atoms with Crippen LogP contribution in [0, 0.1) is 13.8 Å². The molecular weight excluding hydrogens is 484 g/mol. The Balaban J connectivity index is 1.77. The van der Waals surface area contributed by atoms with Gasteiger partial charge in [0.2, 0.25) is 0 Å². The molecule has 0 fully saturated rings. The molecule has 0 aliphatic carbocycles. The highest BCUT2D eigenvalue weighted by atomic mass is 79.9. The third kappa shape index (κ3) is 4.88. The molecule has 3 aromatic rings. The molecule has 28 heavy (non-hydrogen) atoms. The van der Waals surface area contributed by atoms with Gasteiger partial charge in [-0.3, -0.25) is 5.43 Å². The number of para-hydroxylation sites is 1. The first-order valence-corrected chi connectivity index (χ1v) is 10.2. The van der Waals surface area contributed by atoms with Gasteiger partial charge < -0.3 is 4.74 Å². The Bertz CT molecular complexity index is 1010. The van der Waals surface area contributed by atoms with Crippen molar-refractivity contribution in [3.8, 4) is 5.75 Å². The number of rotatable bonds is 5. The molecule has 0 aliphatic heterocycles. The van der Waals surface area contributed by atoms with Crippen LogP contribution in [-0.4, -0.2) is 12.2 Å². The summed E-state index contributed by atoms with van der Waals surface area (Å²) >= 11 is 7.10. The fourth-order valence-corrected chi connectivity index (χ4v) is 4.25. The summed E-state index contributed by atoms with van der Waals surface area (Å²) in [5.74, 6) is 0.109. The standard InChI is InChI=1S/C22H18Br2N2O2/c1-14-11-19(23)18(20(24)12-14)13-25-26-21-10-6-9-17(15(21)2)22(27)28-16-7-4-3-5-8-16/h3-13,26H,1-2H3. The van der Waals surface area contributed by atoms with E-state index in [-0.39, 0.29) is 0 Å². The third-order valence-electron chi connectivity index (χ3n) is 4.11. The summed E-state index contributed by atoms with van der Waals surface area (Å²) in [4.78, 5) is 12.5. The monoisotopic (exact) mass is 500 g/mol. The number of carbonyl (C=O) groups is 1. The van der Waals surface area contributed by atoms with E-state index in [0.29, 0.717) is 11.3 Å². The molecule has 4 nitrogen and oxygen atoms in total. The predicted octanol–water partition coefficient (Wildman–Crippen LogP) is 6.49. The summed E-state index contributed by atoms with van der Waals surface area (Å²) < 4.78 is 7.33. The fourth-order valence-electron chi connectivity index (χ4n) is 2.63. The number of ether oxygens (including phenoxy) is 1. The number of hydrazone groups is 1. The molecule has 0 heterocycles. The highest BCUT2D eigenvalue weighted by Crippen LogP contribution is 2.26. The number of anilines is 1. The number of hydrogen-bond donors (Lipinski definition) is 1. The number of nitrogens with one attached hydrogen (secondary N) is 1. The molecule has 6 heteroatoms. The quantitative estimate of drug-likeness (QED) is 0.188. The van der Waals surface area contributed by atoms with Gasteiger partial charge in [0, 0.05) is 14.5 Å². The molecule has 0 aromatic heterocycles. The topological polar surface area (TPSA) is 50.7 Å². The van der Waals surface area contributed by atoms with E-state index >= 15 is 0 Å². The average Bonchev–Trinajstić information content (AvgIpc) is 2.65. The maximum atomic E-state index is 12.5. The predicted molar refractivity (Wildman–Crippen MR) is 120 cm³/mol. The van der Waals surface area contributed by atoms with E-state index in [1.54, 1.807) is 30.5 Å². The van der Waals surface area contributed by atoms with Gasteiger partial charge in [0.25, 0.3) is 0 Å². The van der Waals surface area contributed by atoms with Gasteiger partial charge in [-0.15, -0.1) is 0 Å². The van der Waals surface area contributed by atoms with Crippen molar-refractivity contribution < 1.29 is 9.53 Å². The normalized spacial score (nSPS) is 10.9. The van der Waals surface area contributed by atoms with E-state index in [2.05, 4.69) is 42.4 Å². The highest BCUT2D eigenvalue weighted by Gasteiger charge is 2.14. The third-order valence-corrected chi connectivity index (χ3v) is 5.42. The van der Waals surface area contributed by atoms with Crippen LogP contribution in [0.15, 0.2) is 74.7 Å². The van der Waals surface area contributed by atoms with E-state index in [1.165, 1.54) is 0 Å². The molecule has 0 aliphatic rings. The van der Waals surface area contributed by atoms with Gasteiger partial charge in [0.15, 0.2) is 0 Å². The summed E-state index contributed by atoms with van der Waals surface area (Å²) in [6, 6.07) is 18.5. The van der Waals surface area contributed by atoms with Crippen molar-refractivity contribution in [2.45, 2.75) is 13.8 Å². The second-order valence-corrected chi connectivity index (χ2v) is 7.90. The maximum Gasteiger partial charge on any atom is 0.343 e. The molecular formula is C22H18Br2N2O2. The zero-order chi connectivity index (χ0) is 20.1. The van der Waals surface area contributed by atoms with Crippen LogP contribution in [0.3, 0.4) is 0 Å². The number of carbonyl (C=O) groups excluding carboxylic acids is 1. The fraction of sp³-hybridized carbons (Fsp3) is 0.0909. The van der Waals surface area contributed by atoms with Crippen molar-refractivity contribution in [1.29, 1.82) is 0 Å². The second kappa shape index (κ2) is 9.17. The Morgan fingerprint density at radius 2 is 1.68 bits per heavy atom. The van der Waals surface area contributed by atoms with Gasteiger partial charge in [0.05, 0.1) is 17.5 Å². The maximum absolute atomic E-state index is 12.5. The van der Waals surface area contributed by atoms with Crippen molar-refractivity contribution in [2.75, 3.05) is 5.43 Å². The van der Waals surface area contributed by atoms with E-state index in [1.807, 2.05) is 50.2 Å². The van der Waals surface area contributed by atoms with Crippen LogP contribution in [0.1, 0.15) is 27.0 Å². The zero-order valence-corrected chi connectivity index (χ0v) is 18.5. The van der Waals surface area contributed by atoms with Crippen LogP contribution in [0.2, 0.25) is 0 Å².